The lowest BCUT2D eigenvalue weighted by Gasteiger charge is -2.25. The zero-order valence-corrected chi connectivity index (χ0v) is 13.9. The first-order valence-corrected chi connectivity index (χ1v) is 7.89. The number of nitrogens with one attached hydrogen (secondary N) is 1. The number of carbonyl (C=O) groups excluding carboxylic acids is 1. The maximum Gasteiger partial charge on any atom is 0.318 e. The summed E-state index contributed by atoms with van der Waals surface area (Å²) in [5.74, 6) is -0.310. The molecule has 0 bridgehead atoms. The van der Waals surface area contributed by atoms with Gasteiger partial charge in [0.2, 0.25) is 0 Å². The van der Waals surface area contributed by atoms with Gasteiger partial charge < -0.3 is 15.3 Å². The minimum absolute atomic E-state index is 0.00531. The molecule has 0 saturated heterocycles. The molecular formula is C17H23FN4O2. The molecule has 7 heteroatoms. The van der Waals surface area contributed by atoms with Crippen molar-refractivity contribution in [3.63, 3.8) is 0 Å². The van der Waals surface area contributed by atoms with Crippen molar-refractivity contribution in [1.29, 1.82) is 0 Å². The first-order valence-electron chi connectivity index (χ1n) is 7.89. The number of rotatable bonds is 7. The Morgan fingerprint density at radius 3 is 2.71 bits per heavy atom. The van der Waals surface area contributed by atoms with Crippen molar-refractivity contribution in [2.45, 2.75) is 25.9 Å². The second-order valence-electron chi connectivity index (χ2n) is 5.74. The van der Waals surface area contributed by atoms with Gasteiger partial charge in [0.25, 0.3) is 0 Å². The lowest BCUT2D eigenvalue weighted by molar-refractivity contribution is 0.183. The van der Waals surface area contributed by atoms with E-state index < -0.39 is 0 Å². The Balaban J connectivity index is 2.02. The van der Waals surface area contributed by atoms with Gasteiger partial charge in [-0.3, -0.25) is 4.68 Å². The molecule has 24 heavy (non-hydrogen) atoms. The van der Waals surface area contributed by atoms with Crippen LogP contribution in [-0.4, -0.2) is 39.0 Å². The fraction of sp³-hybridized carbons (Fsp3) is 0.412. The maximum absolute atomic E-state index is 13.0. The number of nitrogens with zero attached hydrogens (tertiary/aromatic N) is 3. The quantitative estimate of drug-likeness (QED) is 0.816. The van der Waals surface area contributed by atoms with Gasteiger partial charge in [0.15, 0.2) is 0 Å². The van der Waals surface area contributed by atoms with E-state index >= 15 is 0 Å². The second kappa shape index (κ2) is 8.44. The van der Waals surface area contributed by atoms with E-state index in [0.29, 0.717) is 19.5 Å². The number of aliphatic hydroxyl groups is 1. The molecule has 0 aliphatic carbocycles. The van der Waals surface area contributed by atoms with Crippen molar-refractivity contribution in [2.24, 2.45) is 7.05 Å². The van der Waals surface area contributed by atoms with Crippen LogP contribution in [0.25, 0.3) is 0 Å². The Labute approximate surface area is 140 Å². The normalized spacial score (nSPS) is 12.0. The average Bonchev–Trinajstić information content (AvgIpc) is 2.99. The van der Waals surface area contributed by atoms with E-state index in [0.717, 1.165) is 11.1 Å². The van der Waals surface area contributed by atoms with E-state index in [1.165, 1.54) is 12.1 Å². The summed E-state index contributed by atoms with van der Waals surface area (Å²) in [6.07, 6.45) is 4.04. The summed E-state index contributed by atoms with van der Waals surface area (Å²) in [6.45, 7) is 2.66. The standard InChI is InChI=1S/C17H23FN4O2/c1-13(15-10-19-21(2)12-15)20-17(24)22(8-3-9-23)11-14-4-6-16(18)7-5-14/h4-7,10,12-13,23H,3,8-9,11H2,1-2H3,(H,20,24)/t13-/m0/s1. The number of urea groups is 1. The zero-order valence-electron chi connectivity index (χ0n) is 13.9. The molecule has 1 aromatic heterocycles. The van der Waals surface area contributed by atoms with Crippen molar-refractivity contribution in [3.8, 4) is 0 Å². The Kier molecular flexibility index (Phi) is 6.31. The third-order valence-electron chi connectivity index (χ3n) is 3.72. The van der Waals surface area contributed by atoms with E-state index in [9.17, 15) is 9.18 Å². The molecule has 0 saturated carbocycles. The summed E-state index contributed by atoms with van der Waals surface area (Å²) in [5.41, 5.74) is 1.74. The van der Waals surface area contributed by atoms with Crippen LogP contribution in [0.5, 0.6) is 0 Å². The number of hydrogen-bond donors (Lipinski definition) is 2. The van der Waals surface area contributed by atoms with E-state index in [-0.39, 0.29) is 24.5 Å². The topological polar surface area (TPSA) is 70.4 Å². The largest absolute Gasteiger partial charge is 0.396 e. The molecule has 0 spiro atoms. The zero-order chi connectivity index (χ0) is 17.5. The van der Waals surface area contributed by atoms with Gasteiger partial charge in [0.05, 0.1) is 12.2 Å². The van der Waals surface area contributed by atoms with Gasteiger partial charge in [-0.05, 0) is 31.0 Å². The Morgan fingerprint density at radius 1 is 1.42 bits per heavy atom. The third-order valence-corrected chi connectivity index (χ3v) is 3.72. The SMILES string of the molecule is C[C@H](NC(=O)N(CCCO)Cc1ccc(F)cc1)c1cnn(C)c1. The fourth-order valence-electron chi connectivity index (χ4n) is 2.35. The van der Waals surface area contributed by atoms with Crippen LogP contribution in [0, 0.1) is 5.82 Å². The fourth-order valence-corrected chi connectivity index (χ4v) is 2.35. The number of aliphatic hydroxyl groups excluding tert-OH is 1. The number of hydrogen-bond acceptors (Lipinski definition) is 3. The average molecular weight is 334 g/mol. The molecule has 1 aromatic carbocycles. The van der Waals surface area contributed by atoms with Gasteiger partial charge in [-0.15, -0.1) is 0 Å². The molecular weight excluding hydrogens is 311 g/mol. The lowest BCUT2D eigenvalue weighted by atomic mass is 10.2. The Hall–Kier alpha value is -2.41. The van der Waals surface area contributed by atoms with Gasteiger partial charge in [-0.1, -0.05) is 12.1 Å². The minimum atomic E-state index is -0.310. The first-order chi connectivity index (χ1) is 11.5. The van der Waals surface area contributed by atoms with E-state index in [4.69, 9.17) is 5.11 Å². The number of amides is 2. The molecule has 0 unspecified atom stereocenters. The number of aromatic nitrogens is 2. The molecule has 0 aliphatic rings. The minimum Gasteiger partial charge on any atom is -0.396 e. The number of benzene rings is 1. The molecule has 2 N–H and O–H groups in total. The Morgan fingerprint density at radius 2 is 2.12 bits per heavy atom. The smallest absolute Gasteiger partial charge is 0.318 e. The van der Waals surface area contributed by atoms with Crippen molar-refractivity contribution in [3.05, 3.63) is 53.6 Å². The molecule has 0 radical (unpaired) electrons. The lowest BCUT2D eigenvalue weighted by Crippen LogP contribution is -2.41. The highest BCUT2D eigenvalue weighted by atomic mass is 19.1. The second-order valence-corrected chi connectivity index (χ2v) is 5.74. The van der Waals surface area contributed by atoms with Crippen LogP contribution in [0.1, 0.15) is 30.5 Å². The van der Waals surface area contributed by atoms with Gasteiger partial charge in [-0.2, -0.15) is 5.10 Å². The summed E-state index contributed by atoms with van der Waals surface area (Å²) in [5, 5.41) is 16.1. The highest BCUT2D eigenvalue weighted by molar-refractivity contribution is 5.74. The summed E-state index contributed by atoms with van der Waals surface area (Å²) in [4.78, 5) is 14.2. The first kappa shape index (κ1) is 17.9. The molecule has 1 atom stereocenters. The third kappa shape index (κ3) is 5.06. The summed E-state index contributed by atoms with van der Waals surface area (Å²) in [6, 6.07) is 5.63. The maximum atomic E-state index is 13.0. The molecule has 6 nitrogen and oxygen atoms in total. The monoisotopic (exact) mass is 334 g/mol. The van der Waals surface area contributed by atoms with Gasteiger partial charge in [0, 0.05) is 38.5 Å². The van der Waals surface area contributed by atoms with Crippen LogP contribution in [0.15, 0.2) is 36.7 Å². The summed E-state index contributed by atoms with van der Waals surface area (Å²) < 4.78 is 14.7. The Bertz CT molecular complexity index is 657. The number of aryl methyl sites for hydroxylation is 1. The summed E-state index contributed by atoms with van der Waals surface area (Å²) in [7, 11) is 1.82. The molecule has 130 valence electrons. The van der Waals surface area contributed by atoms with Crippen LogP contribution in [0.4, 0.5) is 9.18 Å². The van der Waals surface area contributed by atoms with Crippen LogP contribution in [0.3, 0.4) is 0 Å². The van der Waals surface area contributed by atoms with E-state index in [1.807, 2.05) is 20.2 Å². The van der Waals surface area contributed by atoms with Crippen LogP contribution in [-0.2, 0) is 13.6 Å². The van der Waals surface area contributed by atoms with Crippen molar-refractivity contribution >= 4 is 6.03 Å². The molecule has 2 aromatic rings. The highest BCUT2D eigenvalue weighted by Crippen LogP contribution is 2.13. The molecule has 2 amide bonds. The van der Waals surface area contributed by atoms with E-state index in [1.54, 1.807) is 27.9 Å². The van der Waals surface area contributed by atoms with Crippen LogP contribution >= 0.6 is 0 Å². The highest BCUT2D eigenvalue weighted by Gasteiger charge is 2.17. The predicted octanol–water partition coefficient (Wildman–Crippen LogP) is 2.21. The van der Waals surface area contributed by atoms with Crippen molar-refractivity contribution in [2.75, 3.05) is 13.2 Å². The summed E-state index contributed by atoms with van der Waals surface area (Å²) >= 11 is 0. The van der Waals surface area contributed by atoms with Gasteiger partial charge in [-0.25, -0.2) is 9.18 Å². The van der Waals surface area contributed by atoms with Crippen molar-refractivity contribution < 1.29 is 14.3 Å². The van der Waals surface area contributed by atoms with E-state index in [2.05, 4.69) is 10.4 Å². The molecule has 2 rings (SSSR count). The molecule has 0 fully saturated rings. The van der Waals surface area contributed by atoms with Crippen molar-refractivity contribution in [1.82, 2.24) is 20.0 Å². The van der Waals surface area contributed by atoms with Crippen LogP contribution < -0.4 is 5.32 Å². The van der Waals surface area contributed by atoms with Gasteiger partial charge in [0.1, 0.15) is 5.82 Å². The van der Waals surface area contributed by atoms with Crippen LogP contribution in [0.2, 0.25) is 0 Å². The number of carbonyl (C=O) groups is 1. The molecule has 1 heterocycles. The van der Waals surface area contributed by atoms with Gasteiger partial charge >= 0.3 is 6.03 Å². The molecule has 0 aliphatic heterocycles. The number of halogens is 1. The predicted molar refractivity (Wildman–Crippen MR) is 88.7 cm³/mol.